The largest absolute Gasteiger partial charge is 0.324 e. The predicted molar refractivity (Wildman–Crippen MR) is 76.9 cm³/mol. The molecule has 0 bridgehead atoms. The molecule has 0 unspecified atom stereocenters. The van der Waals surface area contributed by atoms with Crippen LogP contribution in [-0.2, 0) is 4.79 Å². The van der Waals surface area contributed by atoms with Crippen LogP contribution in [0.3, 0.4) is 0 Å². The summed E-state index contributed by atoms with van der Waals surface area (Å²) in [7, 11) is 0. The SMILES string of the molecule is CC(C)C[C@H](N)C(=O)Nc1ccc([N+](=O)[O-])cc1Br. The molecule has 104 valence electrons. The van der Waals surface area contributed by atoms with Crippen LogP contribution in [0.25, 0.3) is 0 Å². The van der Waals surface area contributed by atoms with Gasteiger partial charge < -0.3 is 11.1 Å². The van der Waals surface area contributed by atoms with Gasteiger partial charge in [0.1, 0.15) is 0 Å². The van der Waals surface area contributed by atoms with E-state index in [1.54, 1.807) is 0 Å². The molecule has 6 nitrogen and oxygen atoms in total. The standard InChI is InChI=1S/C12H16BrN3O3/c1-7(2)5-10(14)12(17)15-11-4-3-8(16(18)19)6-9(11)13/h3-4,6-7,10H,5,14H2,1-2H3,(H,15,17)/t10-/m0/s1. The van der Waals surface area contributed by atoms with E-state index in [-0.39, 0.29) is 11.6 Å². The first-order chi connectivity index (χ1) is 8.81. The summed E-state index contributed by atoms with van der Waals surface area (Å²) in [6, 6.07) is 3.54. The second-order valence-corrected chi connectivity index (χ2v) is 5.50. The summed E-state index contributed by atoms with van der Waals surface area (Å²) in [6.07, 6.45) is 0.580. The van der Waals surface area contributed by atoms with Gasteiger partial charge in [0.2, 0.25) is 5.91 Å². The Bertz CT molecular complexity index is 491. The molecule has 1 rings (SSSR count). The van der Waals surface area contributed by atoms with Gasteiger partial charge in [-0.1, -0.05) is 13.8 Å². The third kappa shape index (κ3) is 4.60. The average Bonchev–Trinajstić information content (AvgIpc) is 2.30. The van der Waals surface area contributed by atoms with Gasteiger partial charge in [0.25, 0.3) is 5.69 Å². The van der Waals surface area contributed by atoms with Gasteiger partial charge in [-0.2, -0.15) is 0 Å². The highest BCUT2D eigenvalue weighted by Crippen LogP contribution is 2.27. The molecule has 0 aliphatic carbocycles. The first-order valence-electron chi connectivity index (χ1n) is 5.81. The van der Waals surface area contributed by atoms with Crippen LogP contribution in [0.1, 0.15) is 20.3 Å². The van der Waals surface area contributed by atoms with Gasteiger partial charge in [0.15, 0.2) is 0 Å². The first-order valence-corrected chi connectivity index (χ1v) is 6.61. The summed E-state index contributed by atoms with van der Waals surface area (Å²) in [4.78, 5) is 21.9. The van der Waals surface area contributed by atoms with E-state index in [0.29, 0.717) is 22.5 Å². The minimum atomic E-state index is -0.595. The van der Waals surface area contributed by atoms with Crippen molar-refractivity contribution in [2.75, 3.05) is 5.32 Å². The van der Waals surface area contributed by atoms with Gasteiger partial charge in [-0.25, -0.2) is 0 Å². The van der Waals surface area contributed by atoms with E-state index >= 15 is 0 Å². The highest BCUT2D eigenvalue weighted by atomic mass is 79.9. The summed E-state index contributed by atoms with van der Waals surface area (Å²) < 4.78 is 0.451. The van der Waals surface area contributed by atoms with Crippen molar-refractivity contribution in [3.8, 4) is 0 Å². The van der Waals surface area contributed by atoms with E-state index < -0.39 is 11.0 Å². The molecule has 1 amide bonds. The van der Waals surface area contributed by atoms with Crippen molar-refractivity contribution in [2.45, 2.75) is 26.3 Å². The second kappa shape index (κ2) is 6.63. The fourth-order valence-corrected chi connectivity index (χ4v) is 2.03. The van der Waals surface area contributed by atoms with Crippen molar-refractivity contribution < 1.29 is 9.72 Å². The second-order valence-electron chi connectivity index (χ2n) is 4.65. The van der Waals surface area contributed by atoms with Crippen molar-refractivity contribution in [1.82, 2.24) is 0 Å². The maximum Gasteiger partial charge on any atom is 0.270 e. The number of carbonyl (C=O) groups excluding carboxylic acids is 1. The smallest absolute Gasteiger partial charge is 0.270 e. The van der Waals surface area contributed by atoms with Gasteiger partial charge in [-0.3, -0.25) is 14.9 Å². The molecule has 0 saturated heterocycles. The van der Waals surface area contributed by atoms with Gasteiger partial charge in [-0.15, -0.1) is 0 Å². The number of amides is 1. The molecule has 0 radical (unpaired) electrons. The van der Waals surface area contributed by atoms with Crippen LogP contribution in [0.2, 0.25) is 0 Å². The number of halogens is 1. The normalized spacial score (nSPS) is 12.3. The molecule has 0 aliphatic rings. The third-order valence-corrected chi connectivity index (χ3v) is 3.14. The van der Waals surface area contributed by atoms with E-state index in [1.165, 1.54) is 18.2 Å². The molecule has 0 saturated carbocycles. The highest BCUT2D eigenvalue weighted by molar-refractivity contribution is 9.10. The quantitative estimate of drug-likeness (QED) is 0.640. The summed E-state index contributed by atoms with van der Waals surface area (Å²) in [5, 5.41) is 13.2. The van der Waals surface area contributed by atoms with E-state index in [0.717, 1.165) is 0 Å². The Labute approximate surface area is 119 Å². The number of hydrogen-bond donors (Lipinski definition) is 2. The minimum absolute atomic E-state index is 0.0450. The van der Waals surface area contributed by atoms with Crippen LogP contribution in [0.15, 0.2) is 22.7 Å². The topological polar surface area (TPSA) is 98.3 Å². The van der Waals surface area contributed by atoms with Gasteiger partial charge in [-0.05, 0) is 34.3 Å². The fraction of sp³-hybridized carbons (Fsp3) is 0.417. The number of benzene rings is 1. The number of nitro groups is 1. The Kier molecular flexibility index (Phi) is 5.44. The molecule has 1 aromatic rings. The highest BCUT2D eigenvalue weighted by Gasteiger charge is 2.17. The number of carbonyl (C=O) groups is 1. The maximum atomic E-state index is 11.8. The Hall–Kier alpha value is -1.47. The zero-order valence-corrected chi connectivity index (χ0v) is 12.3. The third-order valence-electron chi connectivity index (χ3n) is 2.48. The first kappa shape index (κ1) is 15.6. The number of nitrogens with one attached hydrogen (secondary N) is 1. The fourth-order valence-electron chi connectivity index (χ4n) is 1.56. The maximum absolute atomic E-state index is 11.8. The van der Waals surface area contributed by atoms with E-state index in [4.69, 9.17) is 5.73 Å². The van der Waals surface area contributed by atoms with Crippen LogP contribution >= 0.6 is 15.9 Å². The van der Waals surface area contributed by atoms with Crippen molar-refractivity contribution in [3.63, 3.8) is 0 Å². The van der Waals surface area contributed by atoms with E-state index in [2.05, 4.69) is 21.2 Å². The number of hydrogen-bond acceptors (Lipinski definition) is 4. The van der Waals surface area contributed by atoms with Gasteiger partial charge in [0.05, 0.1) is 16.7 Å². The minimum Gasteiger partial charge on any atom is -0.324 e. The van der Waals surface area contributed by atoms with Gasteiger partial charge >= 0.3 is 0 Å². The molecule has 0 fully saturated rings. The van der Waals surface area contributed by atoms with E-state index in [9.17, 15) is 14.9 Å². The van der Waals surface area contributed by atoms with Crippen molar-refractivity contribution in [3.05, 3.63) is 32.8 Å². The zero-order valence-electron chi connectivity index (χ0n) is 10.7. The molecule has 1 atom stereocenters. The summed E-state index contributed by atoms with van der Waals surface area (Å²) in [6.45, 7) is 3.96. The lowest BCUT2D eigenvalue weighted by Crippen LogP contribution is -2.36. The molecule has 0 aromatic heterocycles. The molecule has 19 heavy (non-hydrogen) atoms. The average molecular weight is 330 g/mol. The lowest BCUT2D eigenvalue weighted by Gasteiger charge is -2.14. The molecule has 0 aliphatic heterocycles. The Morgan fingerprint density at radius 1 is 1.53 bits per heavy atom. The lowest BCUT2D eigenvalue weighted by atomic mass is 10.0. The molecular formula is C12H16BrN3O3. The summed E-state index contributed by atoms with van der Waals surface area (Å²) in [5.74, 6) is 0.0179. The summed E-state index contributed by atoms with van der Waals surface area (Å²) >= 11 is 3.18. The van der Waals surface area contributed by atoms with Crippen LogP contribution in [0.5, 0.6) is 0 Å². The number of anilines is 1. The molecule has 0 spiro atoms. The lowest BCUT2D eigenvalue weighted by molar-refractivity contribution is -0.384. The van der Waals surface area contributed by atoms with Crippen molar-refractivity contribution >= 4 is 33.2 Å². The number of rotatable bonds is 5. The molecular weight excluding hydrogens is 314 g/mol. The van der Waals surface area contributed by atoms with E-state index in [1.807, 2.05) is 13.8 Å². The number of nitrogens with zero attached hydrogens (tertiary/aromatic N) is 1. The zero-order chi connectivity index (χ0) is 14.6. The van der Waals surface area contributed by atoms with Crippen LogP contribution < -0.4 is 11.1 Å². The predicted octanol–water partition coefficient (Wildman–Crippen LogP) is 2.67. The summed E-state index contributed by atoms with van der Waals surface area (Å²) in [5.41, 5.74) is 6.18. The number of nitrogens with two attached hydrogens (primary N) is 1. The van der Waals surface area contributed by atoms with Gasteiger partial charge in [0, 0.05) is 16.6 Å². The Morgan fingerprint density at radius 3 is 2.63 bits per heavy atom. The van der Waals surface area contributed by atoms with Crippen LogP contribution in [-0.4, -0.2) is 16.9 Å². The Balaban J connectivity index is 2.77. The van der Waals surface area contributed by atoms with Crippen LogP contribution in [0, 0.1) is 16.0 Å². The van der Waals surface area contributed by atoms with Crippen molar-refractivity contribution in [2.24, 2.45) is 11.7 Å². The monoisotopic (exact) mass is 329 g/mol. The van der Waals surface area contributed by atoms with Crippen molar-refractivity contribution in [1.29, 1.82) is 0 Å². The Morgan fingerprint density at radius 2 is 2.16 bits per heavy atom. The number of nitro benzene ring substituents is 1. The molecule has 3 N–H and O–H groups in total. The van der Waals surface area contributed by atoms with Crippen LogP contribution in [0.4, 0.5) is 11.4 Å². The molecule has 7 heteroatoms. The molecule has 1 aromatic carbocycles. The molecule has 0 heterocycles. The number of non-ortho nitro benzene ring substituents is 1.